The molecule has 6 N–H and O–H groups in total. The van der Waals surface area contributed by atoms with Crippen molar-refractivity contribution in [2.45, 2.75) is 6.42 Å². The van der Waals surface area contributed by atoms with Crippen LogP contribution in [0.5, 0.6) is 0 Å². The fourth-order valence-corrected chi connectivity index (χ4v) is 3.35. The largest absolute Gasteiger partial charge is 0.341 e. The van der Waals surface area contributed by atoms with Crippen molar-refractivity contribution in [3.63, 3.8) is 0 Å². The number of nitrogens with zero attached hydrogens (tertiary/aromatic N) is 2. The molecule has 118 valence electrons. The van der Waals surface area contributed by atoms with Gasteiger partial charge in [0.15, 0.2) is 0 Å². The molecule has 0 aliphatic carbocycles. The molecule has 1 heterocycles. The van der Waals surface area contributed by atoms with E-state index < -0.39 is 10.0 Å². The average Bonchev–Trinajstić information content (AvgIpc) is 2.64. The van der Waals surface area contributed by atoms with Crippen molar-refractivity contribution >= 4 is 15.9 Å². The maximum Gasteiger partial charge on any atom is 0.223 e. The minimum absolute atomic E-state index is 0.0147. The summed E-state index contributed by atoms with van der Waals surface area (Å²) in [4.78, 5) is 15.6. The monoisotopic (exact) mass is 307 g/mol. The maximum absolute atomic E-state index is 11.8. The van der Waals surface area contributed by atoms with Crippen LogP contribution in [0.3, 0.4) is 0 Å². The topological polar surface area (TPSA) is 136 Å². The van der Waals surface area contributed by atoms with E-state index in [0.717, 1.165) is 13.1 Å². The molecule has 0 aromatic carbocycles. The van der Waals surface area contributed by atoms with Gasteiger partial charge >= 0.3 is 0 Å². The van der Waals surface area contributed by atoms with Gasteiger partial charge in [0, 0.05) is 58.2 Å². The number of amides is 1. The van der Waals surface area contributed by atoms with Crippen LogP contribution in [0.15, 0.2) is 0 Å². The van der Waals surface area contributed by atoms with Gasteiger partial charge in [-0.15, -0.1) is 0 Å². The molecule has 0 bridgehead atoms. The van der Waals surface area contributed by atoms with Gasteiger partial charge in [0.05, 0.1) is 5.75 Å². The van der Waals surface area contributed by atoms with Gasteiger partial charge in [-0.2, -0.15) is 0 Å². The minimum atomic E-state index is -3.53. The molecule has 1 saturated heterocycles. The van der Waals surface area contributed by atoms with Crippen LogP contribution < -0.4 is 16.6 Å². The Bertz CT molecular complexity index is 408. The molecular formula is C11H25N5O3S. The molecule has 0 aromatic rings. The Morgan fingerprint density at radius 1 is 1.20 bits per heavy atom. The number of sulfonamides is 1. The standard InChI is InChI=1S/C11H25N5O3S/c12-1-3-15(4-2-13)5-6-16-8-10(7-11(16)17)9-20(14,18)19/h10H,1-9,12-13H2,(H2,14,18,19). The molecular weight excluding hydrogens is 282 g/mol. The van der Waals surface area contributed by atoms with Crippen molar-refractivity contribution in [2.75, 3.05) is 51.6 Å². The molecule has 1 amide bonds. The minimum Gasteiger partial charge on any atom is -0.341 e. The molecule has 0 saturated carbocycles. The summed E-state index contributed by atoms with van der Waals surface area (Å²) in [5.41, 5.74) is 11.0. The molecule has 1 fully saturated rings. The lowest BCUT2D eigenvalue weighted by molar-refractivity contribution is -0.127. The van der Waals surface area contributed by atoms with Crippen molar-refractivity contribution in [1.29, 1.82) is 0 Å². The van der Waals surface area contributed by atoms with Crippen LogP contribution >= 0.6 is 0 Å². The maximum atomic E-state index is 11.8. The second-order valence-corrected chi connectivity index (χ2v) is 6.82. The summed E-state index contributed by atoms with van der Waals surface area (Å²) in [7, 11) is -3.53. The first-order chi connectivity index (χ1) is 9.35. The number of hydrogen-bond donors (Lipinski definition) is 3. The number of likely N-dealkylation sites (tertiary alicyclic amines) is 1. The predicted molar refractivity (Wildman–Crippen MR) is 77.2 cm³/mol. The van der Waals surface area contributed by atoms with E-state index in [4.69, 9.17) is 16.6 Å². The van der Waals surface area contributed by atoms with Crippen LogP contribution in [-0.2, 0) is 14.8 Å². The molecule has 1 rings (SSSR count). The summed E-state index contributed by atoms with van der Waals surface area (Å²) in [6.07, 6.45) is 0.254. The zero-order chi connectivity index (χ0) is 15.2. The van der Waals surface area contributed by atoms with Gasteiger partial charge in [-0.25, -0.2) is 13.6 Å². The van der Waals surface area contributed by atoms with E-state index in [1.165, 1.54) is 0 Å². The van der Waals surface area contributed by atoms with Crippen LogP contribution in [-0.4, -0.2) is 75.7 Å². The fourth-order valence-electron chi connectivity index (χ4n) is 2.47. The summed E-state index contributed by atoms with van der Waals surface area (Å²) in [6, 6.07) is 0. The number of rotatable bonds is 9. The fraction of sp³-hybridized carbons (Fsp3) is 0.909. The second-order valence-electron chi connectivity index (χ2n) is 5.16. The molecule has 1 unspecified atom stereocenters. The van der Waals surface area contributed by atoms with E-state index in [1.807, 2.05) is 0 Å². The van der Waals surface area contributed by atoms with Gasteiger partial charge in [0.1, 0.15) is 0 Å². The molecule has 0 radical (unpaired) electrons. The van der Waals surface area contributed by atoms with Gasteiger partial charge in [0.25, 0.3) is 0 Å². The second kappa shape index (κ2) is 7.89. The highest BCUT2D eigenvalue weighted by Gasteiger charge is 2.31. The van der Waals surface area contributed by atoms with E-state index in [2.05, 4.69) is 4.90 Å². The summed E-state index contributed by atoms with van der Waals surface area (Å²) >= 11 is 0. The van der Waals surface area contributed by atoms with Crippen molar-refractivity contribution in [3.05, 3.63) is 0 Å². The molecule has 0 aromatic heterocycles. The van der Waals surface area contributed by atoms with E-state index in [0.29, 0.717) is 32.7 Å². The van der Waals surface area contributed by atoms with Crippen LogP contribution in [0.2, 0.25) is 0 Å². The molecule has 20 heavy (non-hydrogen) atoms. The summed E-state index contributed by atoms with van der Waals surface area (Å²) in [5, 5.41) is 5.01. The van der Waals surface area contributed by atoms with Crippen molar-refractivity contribution < 1.29 is 13.2 Å². The van der Waals surface area contributed by atoms with Gasteiger partial charge < -0.3 is 16.4 Å². The number of carbonyl (C=O) groups excluding carboxylic acids is 1. The van der Waals surface area contributed by atoms with E-state index in [9.17, 15) is 13.2 Å². The van der Waals surface area contributed by atoms with Crippen LogP contribution in [0.25, 0.3) is 0 Å². The summed E-state index contributed by atoms with van der Waals surface area (Å²) in [6.45, 7) is 4.28. The molecule has 1 aliphatic rings. The number of nitrogens with two attached hydrogens (primary N) is 3. The third-order valence-electron chi connectivity index (χ3n) is 3.34. The van der Waals surface area contributed by atoms with E-state index in [1.54, 1.807) is 4.90 Å². The third kappa shape index (κ3) is 6.14. The smallest absolute Gasteiger partial charge is 0.223 e. The highest BCUT2D eigenvalue weighted by molar-refractivity contribution is 7.89. The highest BCUT2D eigenvalue weighted by Crippen LogP contribution is 2.18. The number of primary sulfonamides is 1. The third-order valence-corrected chi connectivity index (χ3v) is 4.28. The summed E-state index contributed by atoms with van der Waals surface area (Å²) in [5.74, 6) is -0.348. The molecule has 8 nitrogen and oxygen atoms in total. The van der Waals surface area contributed by atoms with Crippen LogP contribution in [0, 0.1) is 5.92 Å². The highest BCUT2D eigenvalue weighted by atomic mass is 32.2. The first-order valence-corrected chi connectivity index (χ1v) is 8.48. The molecule has 0 spiro atoms. The Kier molecular flexibility index (Phi) is 6.83. The lowest BCUT2D eigenvalue weighted by atomic mass is 10.1. The van der Waals surface area contributed by atoms with Gasteiger partial charge in [-0.05, 0) is 0 Å². The Labute approximate surface area is 120 Å². The van der Waals surface area contributed by atoms with E-state index in [-0.39, 0.29) is 24.0 Å². The molecule has 9 heteroatoms. The number of carbonyl (C=O) groups is 1. The van der Waals surface area contributed by atoms with Gasteiger partial charge in [-0.3, -0.25) is 9.69 Å². The molecule has 1 aliphatic heterocycles. The predicted octanol–water partition coefficient (Wildman–Crippen LogP) is -2.66. The van der Waals surface area contributed by atoms with Crippen LogP contribution in [0.1, 0.15) is 6.42 Å². The Balaban J connectivity index is 2.42. The average molecular weight is 307 g/mol. The number of hydrogen-bond acceptors (Lipinski definition) is 6. The lowest BCUT2D eigenvalue weighted by Gasteiger charge is -2.24. The lowest BCUT2D eigenvalue weighted by Crippen LogP contribution is -2.40. The molecule has 1 atom stereocenters. The van der Waals surface area contributed by atoms with Gasteiger partial charge in [0.2, 0.25) is 15.9 Å². The normalized spacial score (nSPS) is 20.1. The van der Waals surface area contributed by atoms with E-state index >= 15 is 0 Å². The van der Waals surface area contributed by atoms with Crippen LogP contribution in [0.4, 0.5) is 0 Å². The van der Waals surface area contributed by atoms with Gasteiger partial charge in [-0.1, -0.05) is 0 Å². The van der Waals surface area contributed by atoms with Crippen molar-refractivity contribution in [2.24, 2.45) is 22.5 Å². The quantitative estimate of drug-likeness (QED) is 0.425. The zero-order valence-electron chi connectivity index (χ0n) is 11.7. The summed E-state index contributed by atoms with van der Waals surface area (Å²) < 4.78 is 22.1. The van der Waals surface area contributed by atoms with Crippen molar-refractivity contribution in [1.82, 2.24) is 9.80 Å². The van der Waals surface area contributed by atoms with Crippen molar-refractivity contribution in [3.8, 4) is 0 Å². The Hall–Kier alpha value is -0.740. The Morgan fingerprint density at radius 2 is 1.80 bits per heavy atom. The first-order valence-electron chi connectivity index (χ1n) is 6.76. The Morgan fingerprint density at radius 3 is 2.30 bits per heavy atom. The SMILES string of the molecule is NCCN(CCN)CCN1CC(CS(N)(=O)=O)CC1=O. The first kappa shape index (κ1) is 17.3. The zero-order valence-corrected chi connectivity index (χ0v) is 12.5.